The molecule has 0 saturated carbocycles. The lowest BCUT2D eigenvalue weighted by Crippen LogP contribution is -2.28. The van der Waals surface area contributed by atoms with Gasteiger partial charge in [0.05, 0.1) is 6.10 Å². The molecular weight excluding hydrogens is 184 g/mol. The van der Waals surface area contributed by atoms with Crippen molar-refractivity contribution in [3.63, 3.8) is 0 Å². The first-order chi connectivity index (χ1) is 7.27. The van der Waals surface area contributed by atoms with Crippen molar-refractivity contribution in [2.75, 3.05) is 6.61 Å². The molecule has 0 bridgehead atoms. The molecular formula is C14H20O. The molecule has 0 aliphatic carbocycles. The molecule has 1 aliphatic heterocycles. The van der Waals surface area contributed by atoms with Gasteiger partial charge in [0.25, 0.3) is 0 Å². The van der Waals surface area contributed by atoms with Crippen LogP contribution < -0.4 is 0 Å². The van der Waals surface area contributed by atoms with Crippen LogP contribution in [0.2, 0.25) is 0 Å². The van der Waals surface area contributed by atoms with E-state index < -0.39 is 0 Å². The van der Waals surface area contributed by atoms with Crippen molar-refractivity contribution in [1.29, 1.82) is 0 Å². The van der Waals surface area contributed by atoms with Crippen molar-refractivity contribution in [3.05, 3.63) is 35.9 Å². The molecule has 1 aliphatic rings. The van der Waals surface area contributed by atoms with Gasteiger partial charge in [-0.1, -0.05) is 44.2 Å². The fraction of sp³-hybridized carbons (Fsp3) is 0.571. The Bertz CT molecular complexity index is 291. The van der Waals surface area contributed by atoms with Crippen LogP contribution in [0.4, 0.5) is 0 Å². The first-order valence-corrected chi connectivity index (χ1v) is 5.94. The Labute approximate surface area is 92.5 Å². The smallest absolute Gasteiger partial charge is 0.0603 e. The summed E-state index contributed by atoms with van der Waals surface area (Å²) in [4.78, 5) is 0. The van der Waals surface area contributed by atoms with Gasteiger partial charge >= 0.3 is 0 Å². The molecule has 2 atom stereocenters. The molecule has 82 valence electrons. The molecule has 0 aromatic heterocycles. The Morgan fingerprint density at radius 1 is 1.20 bits per heavy atom. The molecule has 1 aromatic carbocycles. The van der Waals surface area contributed by atoms with Crippen LogP contribution in [0.25, 0.3) is 0 Å². The summed E-state index contributed by atoms with van der Waals surface area (Å²) >= 11 is 0. The molecule has 0 unspecified atom stereocenters. The number of hydrogen-bond donors (Lipinski definition) is 0. The van der Waals surface area contributed by atoms with Gasteiger partial charge in [-0.2, -0.15) is 0 Å². The largest absolute Gasteiger partial charge is 0.378 e. The third-order valence-corrected chi connectivity index (χ3v) is 3.33. The number of ether oxygens (including phenoxy) is 1. The van der Waals surface area contributed by atoms with Crippen molar-refractivity contribution in [2.24, 2.45) is 5.92 Å². The second kappa shape index (κ2) is 4.80. The van der Waals surface area contributed by atoms with Gasteiger partial charge in [-0.25, -0.2) is 0 Å². The molecule has 2 rings (SSSR count). The molecule has 1 heterocycles. The summed E-state index contributed by atoms with van der Waals surface area (Å²) in [5.74, 6) is 1.34. The van der Waals surface area contributed by atoms with Crippen LogP contribution in [-0.2, 0) is 4.74 Å². The Balaban J connectivity index is 2.05. The van der Waals surface area contributed by atoms with Crippen LogP contribution in [0.1, 0.15) is 38.2 Å². The summed E-state index contributed by atoms with van der Waals surface area (Å²) in [5, 5.41) is 0. The first-order valence-electron chi connectivity index (χ1n) is 5.94. The summed E-state index contributed by atoms with van der Waals surface area (Å²) < 4.78 is 5.79. The van der Waals surface area contributed by atoms with Gasteiger partial charge in [0, 0.05) is 6.61 Å². The zero-order valence-electron chi connectivity index (χ0n) is 9.65. The zero-order valence-corrected chi connectivity index (χ0v) is 9.65. The van der Waals surface area contributed by atoms with E-state index in [9.17, 15) is 0 Å². The van der Waals surface area contributed by atoms with Crippen LogP contribution in [0, 0.1) is 5.92 Å². The molecule has 1 aromatic rings. The van der Waals surface area contributed by atoms with Crippen molar-refractivity contribution < 1.29 is 4.74 Å². The summed E-state index contributed by atoms with van der Waals surface area (Å²) in [5.41, 5.74) is 1.48. The van der Waals surface area contributed by atoms with Crippen LogP contribution in [0.5, 0.6) is 0 Å². The topological polar surface area (TPSA) is 9.23 Å². The standard InChI is InChI=1S/C14H20O/c1-11(2)14-10-13(8-9-15-14)12-6-4-3-5-7-12/h3-7,11,13-14H,8-10H2,1-2H3/t13-,14+/m0/s1. The summed E-state index contributed by atoms with van der Waals surface area (Å²) in [6, 6.07) is 10.8. The predicted octanol–water partition coefficient (Wildman–Crippen LogP) is 3.61. The van der Waals surface area contributed by atoms with Crippen molar-refractivity contribution >= 4 is 0 Å². The van der Waals surface area contributed by atoms with Crippen molar-refractivity contribution in [1.82, 2.24) is 0 Å². The van der Waals surface area contributed by atoms with E-state index in [2.05, 4.69) is 44.2 Å². The fourth-order valence-corrected chi connectivity index (χ4v) is 2.32. The molecule has 1 heteroatoms. The van der Waals surface area contributed by atoms with E-state index in [4.69, 9.17) is 4.74 Å². The second-order valence-corrected chi connectivity index (χ2v) is 4.79. The molecule has 0 spiro atoms. The van der Waals surface area contributed by atoms with Crippen molar-refractivity contribution in [2.45, 2.75) is 38.7 Å². The van der Waals surface area contributed by atoms with E-state index in [-0.39, 0.29) is 0 Å². The van der Waals surface area contributed by atoms with Gasteiger partial charge in [0.1, 0.15) is 0 Å². The van der Waals surface area contributed by atoms with Gasteiger partial charge in [-0.15, -0.1) is 0 Å². The highest BCUT2D eigenvalue weighted by Gasteiger charge is 2.25. The fourth-order valence-electron chi connectivity index (χ4n) is 2.32. The van der Waals surface area contributed by atoms with E-state index in [0.717, 1.165) is 6.61 Å². The SMILES string of the molecule is CC(C)[C@H]1C[C@@H](c2ccccc2)CCO1. The van der Waals surface area contributed by atoms with E-state index in [1.165, 1.54) is 18.4 Å². The minimum absolute atomic E-state index is 0.448. The average Bonchev–Trinajstić information content (AvgIpc) is 2.30. The highest BCUT2D eigenvalue weighted by molar-refractivity contribution is 5.20. The maximum absolute atomic E-state index is 5.79. The Hall–Kier alpha value is -0.820. The Morgan fingerprint density at radius 3 is 2.60 bits per heavy atom. The molecule has 1 fully saturated rings. The number of rotatable bonds is 2. The van der Waals surface area contributed by atoms with Crippen LogP contribution in [0.3, 0.4) is 0 Å². The van der Waals surface area contributed by atoms with Crippen LogP contribution in [0.15, 0.2) is 30.3 Å². The maximum atomic E-state index is 5.79. The lowest BCUT2D eigenvalue weighted by Gasteiger charge is -2.32. The van der Waals surface area contributed by atoms with E-state index in [1.807, 2.05) is 0 Å². The monoisotopic (exact) mass is 204 g/mol. The van der Waals surface area contributed by atoms with Gasteiger partial charge in [-0.05, 0) is 30.2 Å². The summed E-state index contributed by atoms with van der Waals surface area (Å²) in [6.07, 6.45) is 2.80. The third kappa shape index (κ3) is 2.60. The normalized spacial score (nSPS) is 26.9. The van der Waals surface area contributed by atoms with Crippen LogP contribution >= 0.6 is 0 Å². The Morgan fingerprint density at radius 2 is 1.93 bits per heavy atom. The number of benzene rings is 1. The van der Waals surface area contributed by atoms with E-state index in [1.54, 1.807) is 0 Å². The van der Waals surface area contributed by atoms with Gasteiger partial charge in [-0.3, -0.25) is 0 Å². The van der Waals surface area contributed by atoms with E-state index >= 15 is 0 Å². The molecule has 1 saturated heterocycles. The maximum Gasteiger partial charge on any atom is 0.0603 e. The quantitative estimate of drug-likeness (QED) is 0.715. The van der Waals surface area contributed by atoms with Gasteiger partial charge in [0.15, 0.2) is 0 Å². The third-order valence-electron chi connectivity index (χ3n) is 3.33. The lowest BCUT2D eigenvalue weighted by atomic mass is 9.85. The van der Waals surface area contributed by atoms with Gasteiger partial charge < -0.3 is 4.74 Å². The minimum Gasteiger partial charge on any atom is -0.378 e. The highest BCUT2D eigenvalue weighted by atomic mass is 16.5. The molecule has 0 N–H and O–H groups in total. The van der Waals surface area contributed by atoms with Crippen molar-refractivity contribution in [3.8, 4) is 0 Å². The minimum atomic E-state index is 0.448. The molecule has 1 nitrogen and oxygen atoms in total. The second-order valence-electron chi connectivity index (χ2n) is 4.79. The average molecular weight is 204 g/mol. The molecule has 15 heavy (non-hydrogen) atoms. The highest BCUT2D eigenvalue weighted by Crippen LogP contribution is 2.32. The zero-order chi connectivity index (χ0) is 10.7. The van der Waals surface area contributed by atoms with Gasteiger partial charge in [0.2, 0.25) is 0 Å². The summed E-state index contributed by atoms with van der Waals surface area (Å²) in [6.45, 7) is 5.42. The predicted molar refractivity (Wildman–Crippen MR) is 63.0 cm³/mol. The summed E-state index contributed by atoms with van der Waals surface area (Å²) in [7, 11) is 0. The molecule has 0 amide bonds. The lowest BCUT2D eigenvalue weighted by molar-refractivity contribution is -0.0201. The first kappa shape index (κ1) is 10.7. The van der Waals surface area contributed by atoms with E-state index in [0.29, 0.717) is 17.9 Å². The van der Waals surface area contributed by atoms with Crippen LogP contribution in [-0.4, -0.2) is 12.7 Å². The number of hydrogen-bond acceptors (Lipinski definition) is 1. The Kier molecular flexibility index (Phi) is 3.42. The molecule has 0 radical (unpaired) electrons.